The summed E-state index contributed by atoms with van der Waals surface area (Å²) in [5.41, 5.74) is 3.92. The van der Waals surface area contributed by atoms with Crippen LogP contribution < -0.4 is 4.74 Å². The molecule has 1 aliphatic carbocycles. The third-order valence-corrected chi connectivity index (χ3v) is 4.87. The van der Waals surface area contributed by atoms with Crippen molar-refractivity contribution < 1.29 is 4.74 Å². The van der Waals surface area contributed by atoms with Crippen molar-refractivity contribution in [3.05, 3.63) is 45.4 Å². The van der Waals surface area contributed by atoms with Crippen LogP contribution in [0.3, 0.4) is 0 Å². The molecule has 20 heavy (non-hydrogen) atoms. The maximum atomic E-state index is 5.85. The molecule has 0 radical (unpaired) electrons. The maximum absolute atomic E-state index is 5.85. The van der Waals surface area contributed by atoms with Crippen LogP contribution in [0.25, 0.3) is 0 Å². The van der Waals surface area contributed by atoms with Crippen molar-refractivity contribution in [1.82, 2.24) is 4.98 Å². The average Bonchev–Trinajstić information content (AvgIpc) is 2.95. The maximum Gasteiger partial charge on any atom is 0.119 e. The van der Waals surface area contributed by atoms with Crippen LogP contribution in [0, 0.1) is 0 Å². The number of thiazole rings is 1. The Morgan fingerprint density at radius 3 is 2.85 bits per heavy atom. The summed E-state index contributed by atoms with van der Waals surface area (Å²) in [7, 11) is 0. The fraction of sp³-hybridized carbons (Fsp3) is 0.438. The zero-order chi connectivity index (χ0) is 13.8. The molecule has 1 aliphatic rings. The van der Waals surface area contributed by atoms with E-state index in [1.165, 1.54) is 36.8 Å². The minimum Gasteiger partial charge on any atom is -0.493 e. The second-order valence-corrected chi connectivity index (χ2v) is 6.31. The first-order valence-corrected chi connectivity index (χ1v) is 8.50. The molecule has 1 aromatic heterocycles. The molecule has 0 amide bonds. The Kier molecular flexibility index (Phi) is 4.58. The van der Waals surface area contributed by atoms with Crippen LogP contribution in [0.4, 0.5) is 0 Å². The van der Waals surface area contributed by atoms with Gasteiger partial charge < -0.3 is 4.74 Å². The molecule has 0 fully saturated rings. The Bertz CT molecular complexity index is 582. The second kappa shape index (κ2) is 6.59. The molecule has 0 unspecified atom stereocenters. The van der Waals surface area contributed by atoms with Crippen molar-refractivity contribution in [3.8, 4) is 5.75 Å². The second-order valence-electron chi connectivity index (χ2n) is 5.10. The fourth-order valence-corrected chi connectivity index (χ4v) is 3.59. The van der Waals surface area contributed by atoms with Gasteiger partial charge in [-0.1, -0.05) is 6.07 Å². The number of ether oxygens (including phenoxy) is 1. The van der Waals surface area contributed by atoms with E-state index in [1.807, 2.05) is 5.38 Å². The van der Waals surface area contributed by atoms with Crippen molar-refractivity contribution in [1.29, 1.82) is 0 Å². The van der Waals surface area contributed by atoms with Crippen LogP contribution >= 0.6 is 22.9 Å². The number of hydrogen-bond donors (Lipinski definition) is 0. The summed E-state index contributed by atoms with van der Waals surface area (Å²) in [4.78, 5) is 4.44. The molecule has 0 atom stereocenters. The third-order valence-electron chi connectivity index (χ3n) is 3.64. The van der Waals surface area contributed by atoms with Gasteiger partial charge in [0.15, 0.2) is 0 Å². The summed E-state index contributed by atoms with van der Waals surface area (Å²) in [6.45, 7) is 0.675. The van der Waals surface area contributed by atoms with Gasteiger partial charge in [-0.05, 0) is 48.9 Å². The van der Waals surface area contributed by atoms with Crippen LogP contribution in [0.15, 0.2) is 23.6 Å². The quantitative estimate of drug-likeness (QED) is 0.765. The van der Waals surface area contributed by atoms with Gasteiger partial charge in [0.1, 0.15) is 5.75 Å². The van der Waals surface area contributed by atoms with Gasteiger partial charge in [-0.15, -0.1) is 22.9 Å². The predicted molar refractivity (Wildman–Crippen MR) is 84.0 cm³/mol. The molecule has 1 heterocycles. The molecule has 4 heteroatoms. The van der Waals surface area contributed by atoms with Gasteiger partial charge in [-0.3, -0.25) is 0 Å². The number of aromatic nitrogens is 1. The number of alkyl halides is 1. The van der Waals surface area contributed by atoms with Crippen molar-refractivity contribution in [2.45, 2.75) is 38.0 Å². The van der Waals surface area contributed by atoms with E-state index in [0.29, 0.717) is 12.5 Å². The number of aryl methyl sites for hydroxylation is 2. The number of benzene rings is 1. The van der Waals surface area contributed by atoms with Crippen molar-refractivity contribution in [2.75, 3.05) is 6.61 Å². The summed E-state index contributed by atoms with van der Waals surface area (Å²) in [5, 5.41) is 3.11. The molecular formula is C16H18ClNOS. The van der Waals surface area contributed by atoms with E-state index in [2.05, 4.69) is 23.2 Å². The zero-order valence-corrected chi connectivity index (χ0v) is 13.0. The highest BCUT2D eigenvalue weighted by Crippen LogP contribution is 2.25. The lowest BCUT2D eigenvalue weighted by molar-refractivity contribution is 0.321. The summed E-state index contributed by atoms with van der Waals surface area (Å²) >= 11 is 7.41. The number of nitrogens with zero attached hydrogens (tertiary/aromatic N) is 1. The van der Waals surface area contributed by atoms with Crippen molar-refractivity contribution in [2.24, 2.45) is 0 Å². The Balaban J connectivity index is 1.55. The van der Waals surface area contributed by atoms with Crippen molar-refractivity contribution >= 4 is 22.9 Å². The summed E-state index contributed by atoms with van der Waals surface area (Å²) < 4.78 is 5.85. The topological polar surface area (TPSA) is 22.1 Å². The summed E-state index contributed by atoms with van der Waals surface area (Å²) in [5.74, 6) is 1.47. The Morgan fingerprint density at radius 1 is 1.20 bits per heavy atom. The number of fused-ring (bicyclic) bond motifs is 1. The first-order valence-electron chi connectivity index (χ1n) is 7.09. The molecule has 2 aromatic rings. The monoisotopic (exact) mass is 307 g/mol. The molecule has 0 spiro atoms. The van der Waals surface area contributed by atoms with Crippen LogP contribution in [0.2, 0.25) is 0 Å². The highest BCUT2D eigenvalue weighted by atomic mass is 35.5. The van der Waals surface area contributed by atoms with Gasteiger partial charge in [0.2, 0.25) is 0 Å². The summed E-state index contributed by atoms with van der Waals surface area (Å²) in [6, 6.07) is 6.52. The van der Waals surface area contributed by atoms with Gasteiger partial charge in [-0.2, -0.15) is 0 Å². The highest BCUT2D eigenvalue weighted by Gasteiger charge is 2.10. The van der Waals surface area contributed by atoms with Crippen molar-refractivity contribution in [3.63, 3.8) is 0 Å². The van der Waals surface area contributed by atoms with E-state index in [9.17, 15) is 0 Å². The Hall–Kier alpha value is -1.06. The zero-order valence-electron chi connectivity index (χ0n) is 11.4. The number of halogens is 1. The Morgan fingerprint density at radius 2 is 2.05 bits per heavy atom. The van der Waals surface area contributed by atoms with E-state index < -0.39 is 0 Å². The molecule has 1 aromatic carbocycles. The van der Waals surface area contributed by atoms with E-state index in [1.54, 1.807) is 11.3 Å². The number of hydrogen-bond acceptors (Lipinski definition) is 3. The van der Waals surface area contributed by atoms with Crippen LogP contribution in [0.1, 0.15) is 34.7 Å². The lowest BCUT2D eigenvalue weighted by atomic mass is 9.92. The van der Waals surface area contributed by atoms with E-state index in [-0.39, 0.29) is 0 Å². The lowest BCUT2D eigenvalue weighted by Gasteiger charge is -2.16. The fourth-order valence-electron chi connectivity index (χ4n) is 2.58. The molecule has 0 saturated carbocycles. The smallest absolute Gasteiger partial charge is 0.119 e. The molecule has 0 saturated heterocycles. The minimum absolute atomic E-state index is 0.488. The SMILES string of the molecule is ClCc1csc(CCOc2ccc3c(c2)CCCC3)n1. The molecule has 2 nitrogen and oxygen atoms in total. The van der Waals surface area contributed by atoms with Crippen LogP contribution in [-0.4, -0.2) is 11.6 Å². The van der Waals surface area contributed by atoms with Gasteiger partial charge in [-0.25, -0.2) is 4.98 Å². The third kappa shape index (κ3) is 3.33. The highest BCUT2D eigenvalue weighted by molar-refractivity contribution is 7.09. The lowest BCUT2D eigenvalue weighted by Crippen LogP contribution is -2.05. The summed E-state index contributed by atoms with van der Waals surface area (Å²) in [6.07, 6.45) is 5.88. The standard InChI is InChI=1S/C16H18ClNOS/c17-10-14-11-20-16(18-14)7-8-19-15-6-5-12-3-1-2-4-13(12)9-15/h5-6,9,11H,1-4,7-8,10H2. The van der Waals surface area contributed by atoms with Gasteiger partial charge in [0.05, 0.1) is 23.2 Å². The minimum atomic E-state index is 0.488. The molecule has 0 aliphatic heterocycles. The average molecular weight is 308 g/mol. The Labute approximate surface area is 128 Å². The van der Waals surface area contributed by atoms with E-state index >= 15 is 0 Å². The molecule has 106 valence electrons. The van der Waals surface area contributed by atoms with Gasteiger partial charge in [0, 0.05) is 11.8 Å². The molecule has 0 bridgehead atoms. The molecule has 3 rings (SSSR count). The molecular weight excluding hydrogens is 290 g/mol. The normalized spacial score (nSPS) is 14.1. The van der Waals surface area contributed by atoms with Crippen LogP contribution in [-0.2, 0) is 25.1 Å². The van der Waals surface area contributed by atoms with E-state index in [0.717, 1.165) is 22.9 Å². The number of rotatable bonds is 5. The molecule has 0 N–H and O–H groups in total. The first kappa shape index (κ1) is 13.9. The van der Waals surface area contributed by atoms with Gasteiger partial charge >= 0.3 is 0 Å². The largest absolute Gasteiger partial charge is 0.493 e. The van der Waals surface area contributed by atoms with Crippen LogP contribution in [0.5, 0.6) is 5.75 Å². The predicted octanol–water partition coefficient (Wildman–Crippen LogP) is 4.38. The first-order chi connectivity index (χ1) is 9.85. The van der Waals surface area contributed by atoms with Gasteiger partial charge in [0.25, 0.3) is 0 Å². The van der Waals surface area contributed by atoms with E-state index in [4.69, 9.17) is 16.3 Å².